The van der Waals surface area contributed by atoms with Gasteiger partial charge in [0.15, 0.2) is 11.5 Å². The van der Waals surface area contributed by atoms with Gasteiger partial charge in [0.05, 0.1) is 24.2 Å². The number of nitrogens with one attached hydrogen (secondary N) is 2. The van der Waals surface area contributed by atoms with Gasteiger partial charge >= 0.3 is 0 Å². The second kappa shape index (κ2) is 10.3. The third kappa shape index (κ3) is 5.58. The SMILES string of the molecule is Cc1ccc(S(=O)(=O)NCc2ccccc2)cc1C(=O)NC(C)c1ccc2c(c1)OCCCO2. The number of hydrogen-bond donors (Lipinski definition) is 2. The van der Waals surface area contributed by atoms with Gasteiger partial charge in [-0.25, -0.2) is 13.1 Å². The smallest absolute Gasteiger partial charge is 0.252 e. The lowest BCUT2D eigenvalue weighted by molar-refractivity contribution is 0.0939. The summed E-state index contributed by atoms with van der Waals surface area (Å²) < 4.78 is 39.7. The van der Waals surface area contributed by atoms with E-state index >= 15 is 0 Å². The minimum absolute atomic E-state index is 0.0439. The van der Waals surface area contributed by atoms with E-state index in [0.29, 0.717) is 35.8 Å². The summed E-state index contributed by atoms with van der Waals surface area (Å²) >= 11 is 0. The lowest BCUT2D eigenvalue weighted by Crippen LogP contribution is -2.28. The van der Waals surface area contributed by atoms with Crippen LogP contribution >= 0.6 is 0 Å². The van der Waals surface area contributed by atoms with E-state index in [9.17, 15) is 13.2 Å². The van der Waals surface area contributed by atoms with E-state index in [1.807, 2.05) is 55.5 Å². The third-order valence-electron chi connectivity index (χ3n) is 5.69. The maximum Gasteiger partial charge on any atom is 0.252 e. The molecule has 2 N–H and O–H groups in total. The molecule has 0 spiro atoms. The van der Waals surface area contributed by atoms with E-state index in [2.05, 4.69) is 10.0 Å². The molecule has 0 saturated heterocycles. The van der Waals surface area contributed by atoms with Gasteiger partial charge in [-0.15, -0.1) is 0 Å². The molecule has 8 heteroatoms. The van der Waals surface area contributed by atoms with Crippen LogP contribution in [0, 0.1) is 6.92 Å². The van der Waals surface area contributed by atoms with Crippen LogP contribution in [0.2, 0.25) is 0 Å². The standard InChI is InChI=1S/C26H28N2O5S/c1-18-9-11-22(34(30,31)27-17-20-7-4-3-5-8-20)16-23(18)26(29)28-19(2)21-10-12-24-25(15-21)33-14-6-13-32-24/h3-5,7-12,15-16,19,27H,6,13-14,17H2,1-2H3,(H,28,29). The Hall–Kier alpha value is -3.36. The Morgan fingerprint density at radius 1 is 0.971 bits per heavy atom. The molecule has 1 unspecified atom stereocenters. The molecule has 0 saturated carbocycles. The topological polar surface area (TPSA) is 93.7 Å². The van der Waals surface area contributed by atoms with E-state index in [0.717, 1.165) is 17.5 Å². The van der Waals surface area contributed by atoms with E-state index < -0.39 is 10.0 Å². The summed E-state index contributed by atoms with van der Waals surface area (Å²) in [5.41, 5.74) is 2.71. The average molecular weight is 481 g/mol. The molecule has 0 bridgehead atoms. The van der Waals surface area contributed by atoms with E-state index in [1.165, 1.54) is 12.1 Å². The van der Waals surface area contributed by atoms with Crippen LogP contribution in [0.25, 0.3) is 0 Å². The Morgan fingerprint density at radius 3 is 2.47 bits per heavy atom. The van der Waals surface area contributed by atoms with Crippen LogP contribution in [0.3, 0.4) is 0 Å². The highest BCUT2D eigenvalue weighted by molar-refractivity contribution is 7.89. The molecule has 1 heterocycles. The fraction of sp³-hybridized carbons (Fsp3) is 0.269. The Balaban J connectivity index is 1.49. The van der Waals surface area contributed by atoms with Crippen LogP contribution in [0.1, 0.15) is 46.4 Å². The summed E-state index contributed by atoms with van der Waals surface area (Å²) in [5.74, 6) is 0.999. The Labute approximate surface area is 200 Å². The zero-order valence-electron chi connectivity index (χ0n) is 19.2. The molecule has 1 aliphatic heterocycles. The molecule has 1 aliphatic rings. The molecule has 3 aromatic rings. The molecule has 3 aromatic carbocycles. The van der Waals surface area contributed by atoms with Crippen molar-refractivity contribution in [3.8, 4) is 11.5 Å². The van der Waals surface area contributed by atoms with Crippen molar-refractivity contribution in [1.82, 2.24) is 10.0 Å². The molecular weight excluding hydrogens is 452 g/mol. The third-order valence-corrected chi connectivity index (χ3v) is 7.09. The molecule has 0 fully saturated rings. The number of amides is 1. The minimum Gasteiger partial charge on any atom is -0.490 e. The van der Waals surface area contributed by atoms with Gasteiger partial charge in [0.25, 0.3) is 5.91 Å². The summed E-state index contributed by atoms with van der Waals surface area (Å²) in [7, 11) is -3.79. The number of carbonyl (C=O) groups excluding carboxylic acids is 1. The van der Waals surface area contributed by atoms with E-state index in [-0.39, 0.29) is 23.4 Å². The quantitative estimate of drug-likeness (QED) is 0.531. The van der Waals surface area contributed by atoms with Crippen LogP contribution in [0.4, 0.5) is 0 Å². The van der Waals surface area contributed by atoms with Gasteiger partial charge in [0, 0.05) is 18.5 Å². The number of benzene rings is 3. The Bertz CT molecular complexity index is 1280. The number of sulfonamides is 1. The number of carbonyl (C=O) groups is 1. The second-order valence-corrected chi connectivity index (χ2v) is 10.0. The first-order valence-corrected chi connectivity index (χ1v) is 12.7. The second-order valence-electron chi connectivity index (χ2n) is 8.24. The van der Waals surface area contributed by atoms with Crippen molar-refractivity contribution in [1.29, 1.82) is 0 Å². The fourth-order valence-electron chi connectivity index (χ4n) is 3.68. The zero-order valence-corrected chi connectivity index (χ0v) is 20.0. The summed E-state index contributed by atoms with van der Waals surface area (Å²) in [6, 6.07) is 19.1. The van der Waals surface area contributed by atoms with Crippen molar-refractivity contribution in [3.63, 3.8) is 0 Å². The lowest BCUT2D eigenvalue weighted by Gasteiger charge is -2.18. The van der Waals surface area contributed by atoms with Crippen LogP contribution < -0.4 is 19.5 Å². The average Bonchev–Trinajstić information content (AvgIpc) is 3.08. The molecule has 1 amide bonds. The number of rotatable bonds is 7. The summed E-state index contributed by atoms with van der Waals surface area (Å²) in [5, 5.41) is 2.96. The highest BCUT2D eigenvalue weighted by atomic mass is 32.2. The van der Waals surface area contributed by atoms with Crippen molar-refractivity contribution in [2.45, 2.75) is 37.8 Å². The summed E-state index contributed by atoms with van der Waals surface area (Å²) in [6.07, 6.45) is 0.815. The lowest BCUT2D eigenvalue weighted by atomic mass is 10.1. The summed E-state index contributed by atoms with van der Waals surface area (Å²) in [6.45, 7) is 5.00. The number of ether oxygens (including phenoxy) is 2. The molecule has 0 aromatic heterocycles. The Kier molecular flexibility index (Phi) is 7.19. The highest BCUT2D eigenvalue weighted by Crippen LogP contribution is 2.32. The monoisotopic (exact) mass is 480 g/mol. The molecule has 4 rings (SSSR count). The van der Waals surface area contributed by atoms with Gasteiger partial charge in [-0.3, -0.25) is 4.79 Å². The van der Waals surface area contributed by atoms with Crippen LogP contribution in [-0.2, 0) is 16.6 Å². The maximum atomic E-state index is 13.1. The molecule has 178 valence electrons. The maximum absolute atomic E-state index is 13.1. The normalized spacial score (nSPS) is 14.2. The number of aryl methyl sites for hydroxylation is 1. The van der Waals surface area contributed by atoms with E-state index in [4.69, 9.17) is 9.47 Å². The largest absolute Gasteiger partial charge is 0.490 e. The first-order chi connectivity index (χ1) is 16.3. The van der Waals surface area contributed by atoms with Gasteiger partial charge in [-0.2, -0.15) is 0 Å². The zero-order chi connectivity index (χ0) is 24.1. The van der Waals surface area contributed by atoms with Gasteiger partial charge in [-0.05, 0) is 54.8 Å². The van der Waals surface area contributed by atoms with Crippen molar-refractivity contribution in [3.05, 3.63) is 89.0 Å². The van der Waals surface area contributed by atoms with Gasteiger partial charge in [-0.1, -0.05) is 42.5 Å². The van der Waals surface area contributed by atoms with Crippen molar-refractivity contribution >= 4 is 15.9 Å². The molecule has 0 radical (unpaired) electrons. The van der Waals surface area contributed by atoms with Crippen molar-refractivity contribution < 1.29 is 22.7 Å². The predicted molar refractivity (Wildman–Crippen MR) is 130 cm³/mol. The van der Waals surface area contributed by atoms with Crippen LogP contribution in [0.5, 0.6) is 11.5 Å². The fourth-order valence-corrected chi connectivity index (χ4v) is 4.72. The molecule has 34 heavy (non-hydrogen) atoms. The molecule has 1 atom stereocenters. The van der Waals surface area contributed by atoms with Gasteiger partial charge in [0.2, 0.25) is 10.0 Å². The molecule has 0 aliphatic carbocycles. The van der Waals surface area contributed by atoms with Gasteiger partial charge in [0.1, 0.15) is 0 Å². The van der Waals surface area contributed by atoms with Crippen molar-refractivity contribution in [2.24, 2.45) is 0 Å². The number of hydrogen-bond acceptors (Lipinski definition) is 5. The highest BCUT2D eigenvalue weighted by Gasteiger charge is 2.20. The minimum atomic E-state index is -3.79. The first-order valence-electron chi connectivity index (χ1n) is 11.2. The summed E-state index contributed by atoms with van der Waals surface area (Å²) in [4.78, 5) is 13.1. The van der Waals surface area contributed by atoms with Crippen molar-refractivity contribution in [2.75, 3.05) is 13.2 Å². The molecular formula is C26H28N2O5S. The van der Waals surface area contributed by atoms with E-state index in [1.54, 1.807) is 13.0 Å². The van der Waals surface area contributed by atoms with Crippen LogP contribution in [-0.4, -0.2) is 27.5 Å². The predicted octanol–water partition coefficient (Wildman–Crippen LogP) is 4.13. The van der Waals surface area contributed by atoms with Gasteiger partial charge < -0.3 is 14.8 Å². The number of fused-ring (bicyclic) bond motifs is 1. The van der Waals surface area contributed by atoms with Crippen LogP contribution in [0.15, 0.2) is 71.6 Å². The first kappa shape index (κ1) is 23.8. The molecule has 7 nitrogen and oxygen atoms in total. The Morgan fingerprint density at radius 2 is 1.71 bits per heavy atom.